The molecule has 0 rings (SSSR count). The Balaban J connectivity index is 3.26. The van der Waals surface area contributed by atoms with Crippen LogP contribution in [0.5, 0.6) is 0 Å². The maximum Gasteiger partial charge on any atom is 0.320 e. The third-order valence-corrected chi connectivity index (χ3v) is 5.52. The van der Waals surface area contributed by atoms with Gasteiger partial charge in [0.2, 0.25) is 0 Å². The third-order valence-electron chi connectivity index (χ3n) is 1.51. The van der Waals surface area contributed by atoms with Crippen molar-refractivity contribution in [2.24, 2.45) is 0 Å². The van der Waals surface area contributed by atoms with Crippen LogP contribution in [0.15, 0.2) is 0 Å². The van der Waals surface area contributed by atoms with Crippen LogP contribution in [0.3, 0.4) is 0 Å². The van der Waals surface area contributed by atoms with Gasteiger partial charge in [-0.15, -0.1) is 0 Å². The maximum atomic E-state index is 5.19. The smallest absolute Gasteiger partial charge is 0.320 e. The van der Waals surface area contributed by atoms with Crippen LogP contribution in [0, 0.1) is 0 Å². The molecule has 2 nitrogen and oxygen atoms in total. The van der Waals surface area contributed by atoms with E-state index >= 15 is 0 Å². The Labute approximate surface area is 67.0 Å². The van der Waals surface area contributed by atoms with Crippen LogP contribution >= 0.6 is 0 Å². The second kappa shape index (κ2) is 6.09. The van der Waals surface area contributed by atoms with Crippen molar-refractivity contribution in [3.05, 3.63) is 0 Å². The normalized spacial score (nSPS) is 11.4. The van der Waals surface area contributed by atoms with Crippen molar-refractivity contribution < 1.29 is 8.85 Å². The van der Waals surface area contributed by atoms with Crippen LogP contribution < -0.4 is 0 Å². The predicted octanol–water partition coefficient (Wildman–Crippen LogP) is 0.986. The van der Waals surface area contributed by atoms with Crippen molar-refractivity contribution in [1.29, 1.82) is 0 Å². The molecule has 0 aromatic heterocycles. The lowest BCUT2D eigenvalue weighted by atomic mass is 10.9. The molecule has 10 heavy (non-hydrogen) atoms. The molecular weight excluding hydrogens is 160 g/mol. The van der Waals surface area contributed by atoms with Gasteiger partial charge in [0, 0.05) is 23.0 Å². The van der Waals surface area contributed by atoms with E-state index in [1.807, 2.05) is 0 Å². The SMILES string of the molecule is CO[SiH](CC[SiH](C)C)OC. The van der Waals surface area contributed by atoms with Crippen molar-refractivity contribution in [1.82, 2.24) is 0 Å². The maximum absolute atomic E-state index is 5.19. The van der Waals surface area contributed by atoms with Gasteiger partial charge in [-0.1, -0.05) is 19.1 Å². The summed E-state index contributed by atoms with van der Waals surface area (Å²) in [4.78, 5) is 0. The van der Waals surface area contributed by atoms with Gasteiger partial charge in [-0.25, -0.2) is 0 Å². The minimum Gasteiger partial charge on any atom is -0.400 e. The van der Waals surface area contributed by atoms with Crippen molar-refractivity contribution in [3.8, 4) is 0 Å². The summed E-state index contributed by atoms with van der Waals surface area (Å²) in [6.07, 6.45) is 0. The summed E-state index contributed by atoms with van der Waals surface area (Å²) in [6.45, 7) is 4.72. The fourth-order valence-electron chi connectivity index (χ4n) is 0.801. The van der Waals surface area contributed by atoms with E-state index in [4.69, 9.17) is 8.85 Å². The molecule has 0 heterocycles. The van der Waals surface area contributed by atoms with Gasteiger partial charge in [-0.2, -0.15) is 0 Å². The Hall–Kier alpha value is 0.354. The molecule has 0 aliphatic rings. The summed E-state index contributed by atoms with van der Waals surface area (Å²) < 4.78 is 10.4. The first-order valence-corrected chi connectivity index (χ1v) is 8.64. The van der Waals surface area contributed by atoms with Gasteiger partial charge in [0.25, 0.3) is 0 Å². The molecular formula is C6H18O2Si2. The molecule has 0 aromatic rings. The van der Waals surface area contributed by atoms with Gasteiger partial charge < -0.3 is 8.85 Å². The Morgan fingerprint density at radius 3 is 1.80 bits per heavy atom. The van der Waals surface area contributed by atoms with Gasteiger partial charge in [-0.05, 0) is 6.04 Å². The Morgan fingerprint density at radius 2 is 1.50 bits per heavy atom. The van der Waals surface area contributed by atoms with Crippen LogP contribution in [-0.4, -0.2) is 32.3 Å². The highest BCUT2D eigenvalue weighted by atomic mass is 28.3. The summed E-state index contributed by atoms with van der Waals surface area (Å²) in [5.41, 5.74) is 0. The van der Waals surface area contributed by atoms with E-state index in [0.717, 1.165) is 0 Å². The van der Waals surface area contributed by atoms with E-state index in [-0.39, 0.29) is 8.80 Å². The molecule has 4 heteroatoms. The highest BCUT2D eigenvalue weighted by Crippen LogP contribution is 2.03. The third kappa shape index (κ3) is 5.16. The lowest BCUT2D eigenvalue weighted by Gasteiger charge is -2.10. The van der Waals surface area contributed by atoms with Crippen LogP contribution in [0.25, 0.3) is 0 Å². The fourth-order valence-corrected chi connectivity index (χ4v) is 5.22. The second-order valence-corrected chi connectivity index (χ2v) is 8.62. The molecule has 0 radical (unpaired) electrons. The van der Waals surface area contributed by atoms with Gasteiger partial charge in [0.1, 0.15) is 0 Å². The average Bonchev–Trinajstić information content (AvgIpc) is 1.90. The molecule has 0 saturated carbocycles. The van der Waals surface area contributed by atoms with Gasteiger partial charge in [-0.3, -0.25) is 0 Å². The second-order valence-electron chi connectivity index (χ2n) is 2.87. The molecule has 62 valence electrons. The molecule has 0 bridgehead atoms. The summed E-state index contributed by atoms with van der Waals surface area (Å²) in [5.74, 6) is 0. The standard InChI is InChI=1S/C6H18O2Si2/c1-7-10(8-2)6-5-9(3)4/h9-10H,5-6H2,1-4H3. The molecule has 0 aliphatic carbocycles. The highest BCUT2D eigenvalue weighted by molar-refractivity contribution is 6.58. The summed E-state index contributed by atoms with van der Waals surface area (Å²) in [6, 6.07) is 2.55. The van der Waals surface area contributed by atoms with Crippen molar-refractivity contribution in [2.75, 3.05) is 14.2 Å². The number of rotatable bonds is 5. The zero-order valence-corrected chi connectivity index (χ0v) is 9.69. The molecule has 0 N–H and O–H groups in total. The Bertz CT molecular complexity index is 74.1. The largest absolute Gasteiger partial charge is 0.400 e. The zero-order valence-electron chi connectivity index (χ0n) is 7.39. The molecule has 0 saturated heterocycles. The number of hydrogen-bond donors (Lipinski definition) is 0. The minimum atomic E-state index is -1.21. The van der Waals surface area contributed by atoms with Crippen LogP contribution in [0.4, 0.5) is 0 Å². The monoisotopic (exact) mass is 178 g/mol. The molecule has 0 aliphatic heterocycles. The van der Waals surface area contributed by atoms with E-state index < -0.39 is 9.28 Å². The fraction of sp³-hybridized carbons (Fsp3) is 1.00. The predicted molar refractivity (Wildman–Crippen MR) is 49.7 cm³/mol. The molecule has 0 unspecified atom stereocenters. The Morgan fingerprint density at radius 1 is 1.00 bits per heavy atom. The number of hydrogen-bond acceptors (Lipinski definition) is 2. The molecule has 0 aromatic carbocycles. The van der Waals surface area contributed by atoms with Gasteiger partial charge in [0.15, 0.2) is 0 Å². The van der Waals surface area contributed by atoms with E-state index in [0.29, 0.717) is 0 Å². The van der Waals surface area contributed by atoms with E-state index in [2.05, 4.69) is 13.1 Å². The van der Waals surface area contributed by atoms with E-state index in [1.54, 1.807) is 14.2 Å². The van der Waals surface area contributed by atoms with Gasteiger partial charge in [0.05, 0.1) is 0 Å². The molecule has 0 spiro atoms. The Kier molecular flexibility index (Phi) is 6.30. The van der Waals surface area contributed by atoms with Crippen LogP contribution in [0.2, 0.25) is 25.2 Å². The molecule has 0 amide bonds. The first kappa shape index (κ1) is 10.4. The first-order chi connectivity index (χ1) is 4.70. The van der Waals surface area contributed by atoms with E-state index in [1.165, 1.54) is 12.1 Å². The quantitative estimate of drug-likeness (QED) is 0.585. The molecule has 0 atom stereocenters. The highest BCUT2D eigenvalue weighted by Gasteiger charge is 2.09. The lowest BCUT2D eigenvalue weighted by Crippen LogP contribution is -2.20. The van der Waals surface area contributed by atoms with Crippen molar-refractivity contribution in [2.45, 2.75) is 25.2 Å². The average molecular weight is 178 g/mol. The van der Waals surface area contributed by atoms with Crippen LogP contribution in [0.1, 0.15) is 0 Å². The first-order valence-electron chi connectivity index (χ1n) is 3.76. The van der Waals surface area contributed by atoms with Crippen molar-refractivity contribution >= 4 is 18.1 Å². The lowest BCUT2D eigenvalue weighted by molar-refractivity contribution is 0.279. The molecule has 0 fully saturated rings. The van der Waals surface area contributed by atoms with Crippen LogP contribution in [-0.2, 0) is 8.85 Å². The van der Waals surface area contributed by atoms with E-state index in [9.17, 15) is 0 Å². The summed E-state index contributed by atoms with van der Waals surface area (Å²) in [7, 11) is 1.91. The zero-order chi connectivity index (χ0) is 7.98. The minimum absolute atomic E-state index is 0.380. The summed E-state index contributed by atoms with van der Waals surface area (Å²) >= 11 is 0. The topological polar surface area (TPSA) is 18.5 Å². The van der Waals surface area contributed by atoms with Gasteiger partial charge >= 0.3 is 9.28 Å². The van der Waals surface area contributed by atoms with Crippen molar-refractivity contribution in [3.63, 3.8) is 0 Å². The summed E-state index contributed by atoms with van der Waals surface area (Å²) in [5, 5.41) is 0.